The van der Waals surface area contributed by atoms with Crippen LogP contribution in [0.1, 0.15) is 220 Å². The van der Waals surface area contributed by atoms with Crippen molar-refractivity contribution >= 4 is 5.97 Å². The van der Waals surface area contributed by atoms with E-state index in [1.54, 1.807) is 0 Å². The molecule has 0 bridgehead atoms. The van der Waals surface area contributed by atoms with Gasteiger partial charge in [0.1, 0.15) is 0 Å². The van der Waals surface area contributed by atoms with Gasteiger partial charge in [-0.15, -0.1) is 0 Å². The molecule has 40 heavy (non-hydrogen) atoms. The molecule has 0 saturated heterocycles. The highest BCUT2D eigenvalue weighted by Crippen LogP contribution is 2.41. The zero-order valence-corrected chi connectivity index (χ0v) is 28.6. The lowest BCUT2D eigenvalue weighted by Crippen LogP contribution is -2.47. The van der Waals surface area contributed by atoms with Gasteiger partial charge in [0, 0.05) is 11.4 Å². The molecule has 0 heterocycles. The van der Waals surface area contributed by atoms with Gasteiger partial charge in [-0.05, 0) is 25.2 Å². The Morgan fingerprint density at radius 3 is 1.07 bits per heavy atom. The van der Waals surface area contributed by atoms with Crippen LogP contribution in [0, 0.1) is 11.3 Å². The lowest BCUT2D eigenvalue weighted by atomic mass is 9.67. The van der Waals surface area contributed by atoms with Crippen molar-refractivity contribution in [1.82, 2.24) is 6.15 Å². The fraction of sp³-hybridized carbons (Fsp3) is 0.973. The maximum atomic E-state index is 12.4. The minimum Gasteiger partial charge on any atom is -0.550 e. The lowest BCUT2D eigenvalue weighted by molar-refractivity contribution is -0.323. The molecule has 0 aromatic rings. The van der Waals surface area contributed by atoms with Crippen molar-refractivity contribution in [2.45, 2.75) is 220 Å². The van der Waals surface area contributed by atoms with Gasteiger partial charge in [-0.2, -0.15) is 0 Å². The van der Waals surface area contributed by atoms with Crippen LogP contribution < -0.4 is 11.3 Å². The number of carbonyl (C=O) groups excluding carboxylic acids is 1. The summed E-state index contributed by atoms with van der Waals surface area (Å²) in [5.41, 5.74) is -0.607. The summed E-state index contributed by atoms with van der Waals surface area (Å²) in [7, 11) is 0. The maximum absolute atomic E-state index is 12.4. The van der Waals surface area contributed by atoms with Crippen LogP contribution in [-0.4, -0.2) is 5.97 Å². The molecule has 4 N–H and O–H groups in total. The van der Waals surface area contributed by atoms with Crippen LogP contribution in [0.3, 0.4) is 0 Å². The van der Waals surface area contributed by atoms with Gasteiger partial charge in [-0.25, -0.2) is 0 Å². The van der Waals surface area contributed by atoms with Gasteiger partial charge in [0.2, 0.25) is 0 Å². The maximum Gasteiger partial charge on any atom is 0.0478 e. The number of unbranched alkanes of at least 4 members (excludes halogenated alkanes) is 24. The van der Waals surface area contributed by atoms with Crippen LogP contribution in [0.25, 0.3) is 0 Å². The van der Waals surface area contributed by atoms with Crippen LogP contribution in [0.2, 0.25) is 0 Å². The smallest absolute Gasteiger partial charge is 0.0478 e. The Kier molecular flexibility index (Phi) is 32.6. The summed E-state index contributed by atoms with van der Waals surface area (Å²) in [6.45, 7) is 8.85. The normalized spacial score (nSPS) is 13.6. The molecule has 3 nitrogen and oxygen atoms in total. The quantitative estimate of drug-likeness (QED) is 0.0820. The van der Waals surface area contributed by atoms with Crippen LogP contribution in [0.4, 0.5) is 0 Å². The van der Waals surface area contributed by atoms with E-state index in [-0.39, 0.29) is 12.1 Å². The van der Waals surface area contributed by atoms with E-state index in [0.717, 1.165) is 32.1 Å². The topological polar surface area (TPSA) is 76.6 Å². The molecule has 0 aliphatic carbocycles. The van der Waals surface area contributed by atoms with Crippen molar-refractivity contribution in [3.63, 3.8) is 0 Å². The first kappa shape index (κ1) is 41.6. The molecule has 3 heteroatoms. The molecule has 0 aliphatic heterocycles. The fourth-order valence-electron chi connectivity index (χ4n) is 6.82. The summed E-state index contributed by atoms with van der Waals surface area (Å²) < 4.78 is 0. The van der Waals surface area contributed by atoms with Crippen molar-refractivity contribution in [2.75, 3.05) is 0 Å². The first-order valence-corrected chi connectivity index (χ1v) is 18.3. The van der Waals surface area contributed by atoms with Crippen molar-refractivity contribution in [1.29, 1.82) is 0 Å². The van der Waals surface area contributed by atoms with Crippen LogP contribution in [0.15, 0.2) is 0 Å². The van der Waals surface area contributed by atoms with E-state index in [0.29, 0.717) is 0 Å². The van der Waals surface area contributed by atoms with E-state index < -0.39 is 11.4 Å². The monoisotopic (exact) mass is 568 g/mol. The highest BCUT2D eigenvalue weighted by Gasteiger charge is 2.36. The second-order valence-electron chi connectivity index (χ2n) is 12.9. The van der Waals surface area contributed by atoms with Gasteiger partial charge in [0.25, 0.3) is 0 Å². The number of carboxylic acids is 1. The molecule has 0 saturated carbocycles. The second-order valence-corrected chi connectivity index (χ2v) is 12.9. The Balaban J connectivity index is 0. The number of hydrogen-bond acceptors (Lipinski definition) is 2. The molecule has 0 aromatic carbocycles. The molecule has 0 amide bonds. The predicted molar refractivity (Wildman–Crippen MR) is 178 cm³/mol. The SMILES string of the molecule is CCCCCCCCCCCCCCCC(CC)C(CC)(CCCCCCCCCCCCCCC)C(=O)[O-].[NH4+]. The van der Waals surface area contributed by atoms with E-state index in [4.69, 9.17) is 0 Å². The van der Waals surface area contributed by atoms with Gasteiger partial charge in [0.05, 0.1) is 0 Å². The first-order valence-electron chi connectivity index (χ1n) is 18.3. The number of quaternary nitrogens is 1. The van der Waals surface area contributed by atoms with Crippen molar-refractivity contribution in [3.05, 3.63) is 0 Å². The van der Waals surface area contributed by atoms with Gasteiger partial charge >= 0.3 is 0 Å². The summed E-state index contributed by atoms with van der Waals surface area (Å²) in [6.07, 6.45) is 38.7. The first-order chi connectivity index (χ1) is 19.1. The minimum absolute atomic E-state index is 0. The fourth-order valence-corrected chi connectivity index (χ4v) is 6.82. The molecule has 2 atom stereocenters. The summed E-state index contributed by atoms with van der Waals surface area (Å²) in [4.78, 5) is 12.4. The Morgan fingerprint density at radius 1 is 0.500 bits per heavy atom. The molecule has 2 unspecified atom stereocenters. The van der Waals surface area contributed by atoms with Crippen molar-refractivity contribution < 1.29 is 9.90 Å². The summed E-state index contributed by atoms with van der Waals surface area (Å²) in [6, 6.07) is 0. The zero-order chi connectivity index (χ0) is 28.9. The number of aliphatic carboxylic acids is 1. The standard InChI is InChI=1S/C37H74O2.H3N/c1-5-9-11-13-15-17-19-21-23-25-27-29-31-33-35(7-3)37(8-4,36(38)39)34-32-30-28-26-24-22-20-18-16-14-12-10-6-2;/h35H,5-34H2,1-4H3,(H,38,39);1H3. The van der Waals surface area contributed by atoms with Gasteiger partial charge in [-0.3, -0.25) is 0 Å². The largest absolute Gasteiger partial charge is 0.550 e. The van der Waals surface area contributed by atoms with Crippen molar-refractivity contribution in [3.8, 4) is 0 Å². The Labute approximate surface area is 253 Å². The predicted octanol–water partition coefficient (Wildman–Crippen LogP) is 12.5. The number of carbonyl (C=O) groups is 1. The highest BCUT2D eigenvalue weighted by molar-refractivity contribution is 5.72. The van der Waals surface area contributed by atoms with Crippen LogP contribution in [-0.2, 0) is 4.79 Å². The Bertz CT molecular complexity index is 508. The minimum atomic E-state index is -0.773. The Morgan fingerprint density at radius 2 is 0.800 bits per heavy atom. The average Bonchev–Trinajstić information content (AvgIpc) is 2.94. The van der Waals surface area contributed by atoms with E-state index >= 15 is 0 Å². The average molecular weight is 568 g/mol. The Hall–Kier alpha value is -0.570. The molecule has 0 aromatic heterocycles. The molecular weight excluding hydrogens is 490 g/mol. The second kappa shape index (κ2) is 31.4. The number of rotatable bonds is 32. The van der Waals surface area contributed by atoms with Crippen LogP contribution in [0.5, 0.6) is 0 Å². The molecule has 0 spiro atoms. The number of carboxylic acid groups (broad SMARTS) is 1. The molecule has 0 radical (unpaired) electrons. The molecule has 0 rings (SSSR count). The van der Waals surface area contributed by atoms with E-state index in [1.807, 2.05) is 0 Å². The van der Waals surface area contributed by atoms with E-state index in [9.17, 15) is 9.90 Å². The molecular formula is C37H77NO2. The molecule has 0 aliphatic rings. The lowest BCUT2D eigenvalue weighted by Gasteiger charge is -2.41. The van der Waals surface area contributed by atoms with Crippen LogP contribution >= 0.6 is 0 Å². The third-order valence-electron chi connectivity index (χ3n) is 9.69. The van der Waals surface area contributed by atoms with Gasteiger partial charge < -0.3 is 16.1 Å². The van der Waals surface area contributed by atoms with Gasteiger partial charge in [-0.1, -0.05) is 201 Å². The summed E-state index contributed by atoms with van der Waals surface area (Å²) in [5, 5.41) is 12.4. The summed E-state index contributed by atoms with van der Waals surface area (Å²) in [5.74, 6) is -0.497. The van der Waals surface area contributed by atoms with Gasteiger partial charge in [0.15, 0.2) is 0 Å². The van der Waals surface area contributed by atoms with Crippen molar-refractivity contribution in [2.24, 2.45) is 11.3 Å². The zero-order valence-electron chi connectivity index (χ0n) is 28.6. The summed E-state index contributed by atoms with van der Waals surface area (Å²) >= 11 is 0. The third-order valence-corrected chi connectivity index (χ3v) is 9.69. The van der Waals surface area contributed by atoms with E-state index in [1.165, 1.54) is 161 Å². The highest BCUT2D eigenvalue weighted by atomic mass is 16.4. The third kappa shape index (κ3) is 22.1. The molecule has 242 valence electrons. The van der Waals surface area contributed by atoms with E-state index in [2.05, 4.69) is 27.7 Å². The molecule has 0 fully saturated rings. The number of hydrogen-bond donors (Lipinski definition) is 1.